The Balaban J connectivity index is 2.65. The smallest absolute Gasteiger partial charge is 0.173 e. The molecule has 16 heavy (non-hydrogen) atoms. The fourth-order valence-electron chi connectivity index (χ4n) is 1.18. The number of ether oxygens (including phenoxy) is 2. The Morgan fingerprint density at radius 2 is 2.12 bits per heavy atom. The van der Waals surface area contributed by atoms with Gasteiger partial charge in [-0.3, -0.25) is 0 Å². The van der Waals surface area contributed by atoms with Crippen molar-refractivity contribution in [1.29, 1.82) is 5.26 Å². The van der Waals surface area contributed by atoms with Crippen LogP contribution in [-0.2, 0) is 9.47 Å². The molecular formula is C11H13FN2O2. The van der Waals surface area contributed by atoms with E-state index in [9.17, 15) is 4.39 Å². The third-order valence-electron chi connectivity index (χ3n) is 2.09. The predicted molar refractivity (Wildman–Crippen MR) is 57.4 cm³/mol. The molecule has 0 aliphatic carbocycles. The number of halogens is 1. The van der Waals surface area contributed by atoms with E-state index in [2.05, 4.69) is 5.32 Å². The van der Waals surface area contributed by atoms with Gasteiger partial charge in [0.1, 0.15) is 11.9 Å². The molecule has 0 heterocycles. The Morgan fingerprint density at radius 1 is 1.44 bits per heavy atom. The molecular weight excluding hydrogens is 211 g/mol. The van der Waals surface area contributed by atoms with Crippen molar-refractivity contribution in [3.63, 3.8) is 0 Å². The Labute approximate surface area is 93.6 Å². The summed E-state index contributed by atoms with van der Waals surface area (Å²) in [7, 11) is 3.06. The summed E-state index contributed by atoms with van der Waals surface area (Å²) in [4.78, 5) is 0. The van der Waals surface area contributed by atoms with E-state index in [1.807, 2.05) is 0 Å². The molecule has 0 fully saturated rings. The number of rotatable bonds is 5. The van der Waals surface area contributed by atoms with E-state index in [1.54, 1.807) is 12.1 Å². The minimum absolute atomic E-state index is 0.0105. The van der Waals surface area contributed by atoms with Gasteiger partial charge in [-0.15, -0.1) is 0 Å². The molecule has 0 radical (unpaired) electrons. The summed E-state index contributed by atoms with van der Waals surface area (Å²) in [5, 5.41) is 11.6. The minimum Gasteiger partial charge on any atom is -0.380 e. The van der Waals surface area contributed by atoms with Gasteiger partial charge in [0.15, 0.2) is 6.29 Å². The molecule has 0 amide bonds. The van der Waals surface area contributed by atoms with Gasteiger partial charge < -0.3 is 14.8 Å². The molecule has 0 unspecified atom stereocenters. The number of anilines is 1. The molecule has 1 aromatic rings. The van der Waals surface area contributed by atoms with E-state index >= 15 is 0 Å². The van der Waals surface area contributed by atoms with E-state index in [0.717, 1.165) is 0 Å². The van der Waals surface area contributed by atoms with Crippen LogP contribution < -0.4 is 5.32 Å². The average molecular weight is 224 g/mol. The molecule has 0 spiro atoms. The zero-order valence-corrected chi connectivity index (χ0v) is 9.16. The zero-order chi connectivity index (χ0) is 12.0. The topological polar surface area (TPSA) is 54.3 Å². The molecule has 0 aliphatic rings. The molecule has 0 atom stereocenters. The number of nitrogens with zero attached hydrogens (tertiary/aromatic N) is 1. The lowest BCUT2D eigenvalue weighted by Crippen LogP contribution is -2.23. The quantitative estimate of drug-likeness (QED) is 0.774. The normalized spacial score (nSPS) is 10.2. The third-order valence-corrected chi connectivity index (χ3v) is 2.09. The maximum absolute atomic E-state index is 13.0. The van der Waals surface area contributed by atoms with E-state index in [0.29, 0.717) is 12.2 Å². The summed E-state index contributed by atoms with van der Waals surface area (Å²) in [5.74, 6) is -0.525. The first-order chi connectivity index (χ1) is 7.71. The van der Waals surface area contributed by atoms with Gasteiger partial charge in [0.25, 0.3) is 0 Å². The second-order valence-corrected chi connectivity index (χ2v) is 3.09. The first kappa shape index (κ1) is 12.4. The predicted octanol–water partition coefficient (Wildman–Crippen LogP) is 1.73. The molecule has 0 saturated carbocycles. The van der Waals surface area contributed by atoms with Gasteiger partial charge >= 0.3 is 0 Å². The maximum Gasteiger partial charge on any atom is 0.173 e. The fraction of sp³-hybridized carbons (Fsp3) is 0.364. The number of methoxy groups -OCH3 is 2. The third kappa shape index (κ3) is 3.19. The van der Waals surface area contributed by atoms with Crippen molar-refractivity contribution in [2.45, 2.75) is 6.29 Å². The van der Waals surface area contributed by atoms with Crippen molar-refractivity contribution in [2.24, 2.45) is 0 Å². The van der Waals surface area contributed by atoms with Crippen molar-refractivity contribution in [3.8, 4) is 6.07 Å². The number of nitrogens with one attached hydrogen (secondary N) is 1. The molecule has 1 aromatic carbocycles. The van der Waals surface area contributed by atoms with Crippen molar-refractivity contribution in [1.82, 2.24) is 0 Å². The first-order valence-corrected chi connectivity index (χ1v) is 4.70. The number of nitriles is 1. The highest BCUT2D eigenvalue weighted by molar-refractivity contribution is 5.49. The van der Waals surface area contributed by atoms with Gasteiger partial charge in [0.05, 0.1) is 12.1 Å². The molecule has 1 N–H and O–H groups in total. The first-order valence-electron chi connectivity index (χ1n) is 4.70. The molecule has 0 bridgehead atoms. The minimum atomic E-state index is -0.525. The lowest BCUT2D eigenvalue weighted by atomic mass is 10.2. The Bertz CT molecular complexity index is 386. The van der Waals surface area contributed by atoms with Crippen LogP contribution in [0.5, 0.6) is 0 Å². The standard InChI is InChI=1S/C11H13FN2O2/c1-15-11(16-2)7-14-9-3-4-10(12)8(5-9)6-13/h3-5,11,14H,7H2,1-2H3. The summed E-state index contributed by atoms with van der Waals surface area (Å²) in [6.45, 7) is 0.420. The van der Waals surface area contributed by atoms with E-state index < -0.39 is 5.82 Å². The van der Waals surface area contributed by atoms with Crippen LogP contribution in [0.1, 0.15) is 5.56 Å². The van der Waals surface area contributed by atoms with Crippen LogP contribution in [0, 0.1) is 17.1 Å². The summed E-state index contributed by atoms with van der Waals surface area (Å²) < 4.78 is 23.0. The highest BCUT2D eigenvalue weighted by Crippen LogP contribution is 2.13. The van der Waals surface area contributed by atoms with E-state index in [1.165, 1.54) is 26.4 Å². The second-order valence-electron chi connectivity index (χ2n) is 3.09. The van der Waals surface area contributed by atoms with Gasteiger partial charge in [-0.05, 0) is 18.2 Å². The van der Waals surface area contributed by atoms with Crippen LogP contribution in [0.15, 0.2) is 18.2 Å². The number of hydrogen-bond acceptors (Lipinski definition) is 4. The molecule has 0 aliphatic heterocycles. The largest absolute Gasteiger partial charge is 0.380 e. The van der Waals surface area contributed by atoms with Gasteiger partial charge in [-0.1, -0.05) is 0 Å². The van der Waals surface area contributed by atoms with Gasteiger partial charge in [-0.25, -0.2) is 4.39 Å². The Hall–Kier alpha value is -1.64. The van der Waals surface area contributed by atoms with E-state index in [-0.39, 0.29) is 11.9 Å². The van der Waals surface area contributed by atoms with Crippen molar-refractivity contribution in [3.05, 3.63) is 29.6 Å². The van der Waals surface area contributed by atoms with E-state index in [4.69, 9.17) is 14.7 Å². The summed E-state index contributed by atoms with van der Waals surface area (Å²) in [5.41, 5.74) is 0.661. The summed E-state index contributed by atoms with van der Waals surface area (Å²) in [6.07, 6.45) is -0.379. The molecule has 4 nitrogen and oxygen atoms in total. The average Bonchev–Trinajstić information content (AvgIpc) is 2.32. The Kier molecular flexibility index (Phi) is 4.70. The van der Waals surface area contributed by atoms with Crippen LogP contribution in [0.4, 0.5) is 10.1 Å². The SMILES string of the molecule is COC(CNc1ccc(F)c(C#N)c1)OC. The van der Waals surface area contributed by atoms with Gasteiger partial charge in [0.2, 0.25) is 0 Å². The molecule has 5 heteroatoms. The van der Waals surface area contributed by atoms with Crippen molar-refractivity contribution >= 4 is 5.69 Å². The zero-order valence-electron chi connectivity index (χ0n) is 9.16. The number of hydrogen-bond donors (Lipinski definition) is 1. The van der Waals surface area contributed by atoms with Crippen LogP contribution >= 0.6 is 0 Å². The van der Waals surface area contributed by atoms with Gasteiger partial charge in [-0.2, -0.15) is 5.26 Å². The monoisotopic (exact) mass is 224 g/mol. The lowest BCUT2D eigenvalue weighted by molar-refractivity contribution is -0.0914. The van der Waals surface area contributed by atoms with Crippen LogP contribution in [-0.4, -0.2) is 27.1 Å². The number of benzene rings is 1. The van der Waals surface area contributed by atoms with Crippen molar-refractivity contribution in [2.75, 3.05) is 26.1 Å². The highest BCUT2D eigenvalue weighted by atomic mass is 19.1. The van der Waals surface area contributed by atoms with Crippen LogP contribution in [0.3, 0.4) is 0 Å². The maximum atomic E-state index is 13.0. The Morgan fingerprint density at radius 3 is 2.69 bits per heavy atom. The fourth-order valence-corrected chi connectivity index (χ4v) is 1.18. The lowest BCUT2D eigenvalue weighted by Gasteiger charge is -2.14. The van der Waals surface area contributed by atoms with Gasteiger partial charge in [0, 0.05) is 19.9 Å². The summed E-state index contributed by atoms with van der Waals surface area (Å²) >= 11 is 0. The molecule has 0 saturated heterocycles. The molecule has 0 aromatic heterocycles. The second kappa shape index (κ2) is 6.05. The van der Waals surface area contributed by atoms with Crippen LogP contribution in [0.25, 0.3) is 0 Å². The highest BCUT2D eigenvalue weighted by Gasteiger charge is 2.06. The van der Waals surface area contributed by atoms with Crippen molar-refractivity contribution < 1.29 is 13.9 Å². The molecule has 1 rings (SSSR count). The summed E-state index contributed by atoms with van der Waals surface area (Å²) in [6, 6.07) is 6.02. The van der Waals surface area contributed by atoms with Crippen LogP contribution in [0.2, 0.25) is 0 Å². The molecule has 86 valence electrons.